The third-order valence-corrected chi connectivity index (χ3v) is 6.28. The first kappa shape index (κ1) is 16.6. The fourth-order valence-electron chi connectivity index (χ4n) is 5.16. The molecular weight excluding hydrogens is 336 g/mol. The van der Waals surface area contributed by atoms with Crippen LogP contribution >= 0.6 is 0 Å². The Bertz CT molecular complexity index is 992. The number of hydrogen-bond donors (Lipinski definition) is 0. The summed E-state index contributed by atoms with van der Waals surface area (Å²) in [5.41, 5.74) is 4.81. The Morgan fingerprint density at radius 3 is 2.67 bits per heavy atom. The molecule has 3 aromatic rings. The van der Waals surface area contributed by atoms with Crippen LogP contribution < -0.4 is 0 Å². The molecule has 5 rings (SSSR count). The fraction of sp³-hybridized carbons (Fsp3) is 0.348. The van der Waals surface area contributed by atoms with Gasteiger partial charge in [0.2, 0.25) is 0 Å². The second-order valence-electron chi connectivity index (χ2n) is 7.67. The van der Waals surface area contributed by atoms with E-state index in [9.17, 15) is 4.79 Å². The molecule has 1 saturated heterocycles. The molecule has 0 unspecified atom stereocenters. The van der Waals surface area contributed by atoms with E-state index >= 15 is 0 Å². The monoisotopic (exact) mass is 360 g/mol. The molecule has 1 aliphatic heterocycles. The Balaban J connectivity index is 1.64. The van der Waals surface area contributed by atoms with Crippen LogP contribution in [0.5, 0.6) is 0 Å². The summed E-state index contributed by atoms with van der Waals surface area (Å²) in [6.45, 7) is 2.07. The number of fused-ring (bicyclic) bond motifs is 5. The van der Waals surface area contributed by atoms with Crippen LogP contribution in [0.25, 0.3) is 10.9 Å². The van der Waals surface area contributed by atoms with Gasteiger partial charge in [-0.25, -0.2) is 9.36 Å². The summed E-state index contributed by atoms with van der Waals surface area (Å²) >= 11 is 0. The molecule has 2 atom stereocenters. The maximum Gasteiger partial charge on any atom is 0.418 e. The SMILES string of the molecule is COC(=O)n1c2c(c3ccccc31)[C@H]1[C@@H](CC2)CCN1Cc1ccccc1. The van der Waals surface area contributed by atoms with Crippen LogP contribution in [0.1, 0.15) is 35.7 Å². The predicted molar refractivity (Wildman–Crippen MR) is 106 cm³/mol. The van der Waals surface area contributed by atoms with Crippen molar-refractivity contribution in [3.63, 3.8) is 0 Å². The lowest BCUT2D eigenvalue weighted by molar-refractivity contribution is 0.171. The van der Waals surface area contributed by atoms with Crippen LogP contribution in [0.2, 0.25) is 0 Å². The zero-order chi connectivity index (χ0) is 18.4. The molecule has 1 aliphatic carbocycles. The molecule has 0 saturated carbocycles. The van der Waals surface area contributed by atoms with Gasteiger partial charge in [-0.3, -0.25) is 4.90 Å². The van der Waals surface area contributed by atoms with Crippen LogP contribution in [0.15, 0.2) is 54.6 Å². The Kier molecular flexibility index (Phi) is 4.01. The highest BCUT2D eigenvalue weighted by Gasteiger charge is 2.42. The molecular formula is C23H24N2O2. The van der Waals surface area contributed by atoms with Gasteiger partial charge in [0.15, 0.2) is 0 Å². The Morgan fingerprint density at radius 1 is 1.07 bits per heavy atom. The lowest BCUT2D eigenvalue weighted by Crippen LogP contribution is -2.29. The van der Waals surface area contributed by atoms with Crippen molar-refractivity contribution in [1.82, 2.24) is 9.47 Å². The van der Waals surface area contributed by atoms with Gasteiger partial charge in [0.05, 0.1) is 12.6 Å². The highest BCUT2D eigenvalue weighted by molar-refractivity contribution is 5.94. The lowest BCUT2D eigenvalue weighted by Gasteiger charge is -2.33. The smallest absolute Gasteiger partial charge is 0.418 e. The number of carbonyl (C=O) groups excluding carboxylic acids is 1. The number of methoxy groups -OCH3 is 1. The minimum atomic E-state index is -0.279. The first-order valence-corrected chi connectivity index (χ1v) is 9.76. The molecule has 2 aliphatic rings. The first-order valence-electron chi connectivity index (χ1n) is 9.76. The van der Waals surface area contributed by atoms with Crippen LogP contribution in [-0.2, 0) is 17.7 Å². The molecule has 0 N–H and O–H groups in total. The minimum Gasteiger partial charge on any atom is -0.452 e. The summed E-state index contributed by atoms with van der Waals surface area (Å²) in [6, 6.07) is 19.3. The number of likely N-dealkylation sites (tertiary alicyclic amines) is 1. The van der Waals surface area contributed by atoms with Gasteiger partial charge in [-0.2, -0.15) is 0 Å². The van der Waals surface area contributed by atoms with Crippen molar-refractivity contribution in [3.8, 4) is 0 Å². The van der Waals surface area contributed by atoms with Gasteiger partial charge in [0, 0.05) is 23.7 Å². The van der Waals surface area contributed by atoms with Crippen molar-refractivity contribution in [2.45, 2.75) is 31.8 Å². The molecule has 4 heteroatoms. The average Bonchev–Trinajstić information content (AvgIpc) is 3.27. The van der Waals surface area contributed by atoms with Gasteiger partial charge in [-0.05, 0) is 48.9 Å². The van der Waals surface area contributed by atoms with E-state index in [2.05, 4.69) is 47.4 Å². The number of carbonyl (C=O) groups is 1. The summed E-state index contributed by atoms with van der Waals surface area (Å²) in [5.74, 6) is 0.665. The highest BCUT2D eigenvalue weighted by Crippen LogP contribution is 2.49. The summed E-state index contributed by atoms with van der Waals surface area (Å²) in [7, 11) is 1.46. The normalized spacial score (nSPS) is 21.8. The second-order valence-corrected chi connectivity index (χ2v) is 7.67. The zero-order valence-electron chi connectivity index (χ0n) is 15.6. The Labute approximate surface area is 159 Å². The number of nitrogens with zero attached hydrogens (tertiary/aromatic N) is 2. The molecule has 1 fully saturated rings. The van der Waals surface area contributed by atoms with Crippen molar-refractivity contribution in [3.05, 3.63) is 71.4 Å². The molecule has 0 radical (unpaired) electrons. The molecule has 0 amide bonds. The lowest BCUT2D eigenvalue weighted by atomic mass is 9.82. The number of ether oxygens (including phenoxy) is 1. The molecule has 4 nitrogen and oxygen atoms in total. The van der Waals surface area contributed by atoms with Crippen molar-refractivity contribution in [1.29, 1.82) is 0 Å². The molecule has 2 aromatic carbocycles. The molecule has 1 aromatic heterocycles. The molecule has 2 heterocycles. The average molecular weight is 360 g/mol. The van der Waals surface area contributed by atoms with Gasteiger partial charge in [-0.1, -0.05) is 48.5 Å². The van der Waals surface area contributed by atoms with Gasteiger partial charge >= 0.3 is 6.09 Å². The molecule has 0 bridgehead atoms. The zero-order valence-corrected chi connectivity index (χ0v) is 15.6. The topological polar surface area (TPSA) is 34.5 Å². The number of para-hydroxylation sites is 1. The molecule has 138 valence electrons. The summed E-state index contributed by atoms with van der Waals surface area (Å²) in [6.07, 6.45) is 3.03. The van der Waals surface area contributed by atoms with Crippen LogP contribution in [-0.4, -0.2) is 29.2 Å². The van der Waals surface area contributed by atoms with E-state index in [1.54, 1.807) is 4.57 Å². The summed E-state index contributed by atoms with van der Waals surface area (Å²) in [5, 5.41) is 1.20. The Hall–Kier alpha value is -2.59. The van der Waals surface area contributed by atoms with Gasteiger partial charge in [0.1, 0.15) is 0 Å². The van der Waals surface area contributed by atoms with Gasteiger partial charge in [-0.15, -0.1) is 0 Å². The fourth-order valence-corrected chi connectivity index (χ4v) is 5.16. The van der Waals surface area contributed by atoms with Crippen LogP contribution in [0.3, 0.4) is 0 Å². The van der Waals surface area contributed by atoms with Crippen molar-refractivity contribution < 1.29 is 9.53 Å². The van der Waals surface area contributed by atoms with E-state index in [1.807, 2.05) is 12.1 Å². The van der Waals surface area contributed by atoms with E-state index < -0.39 is 0 Å². The van der Waals surface area contributed by atoms with Gasteiger partial charge < -0.3 is 4.74 Å². The highest BCUT2D eigenvalue weighted by atomic mass is 16.5. The first-order chi connectivity index (χ1) is 13.3. The third kappa shape index (κ3) is 2.59. The van der Waals surface area contributed by atoms with E-state index in [0.29, 0.717) is 12.0 Å². The largest absolute Gasteiger partial charge is 0.452 e. The van der Waals surface area contributed by atoms with Crippen LogP contribution in [0.4, 0.5) is 4.79 Å². The number of benzene rings is 2. The standard InChI is InChI=1S/C23H24N2O2/c1-27-23(26)25-19-10-6-5-9-18(19)21-20(25)12-11-17-13-14-24(22(17)21)15-16-7-3-2-4-8-16/h2-10,17,22H,11-15H2,1H3/t17-,22+/m0/s1. The summed E-state index contributed by atoms with van der Waals surface area (Å²) < 4.78 is 6.92. The van der Waals surface area contributed by atoms with Crippen molar-refractivity contribution in [2.24, 2.45) is 5.92 Å². The van der Waals surface area contributed by atoms with E-state index in [-0.39, 0.29) is 6.09 Å². The maximum absolute atomic E-state index is 12.6. The van der Waals surface area contributed by atoms with Gasteiger partial charge in [0.25, 0.3) is 0 Å². The third-order valence-electron chi connectivity index (χ3n) is 6.28. The predicted octanol–water partition coefficient (Wildman–Crippen LogP) is 4.77. The minimum absolute atomic E-state index is 0.279. The van der Waals surface area contributed by atoms with E-state index in [1.165, 1.54) is 30.0 Å². The summed E-state index contributed by atoms with van der Waals surface area (Å²) in [4.78, 5) is 15.2. The molecule has 27 heavy (non-hydrogen) atoms. The van der Waals surface area contributed by atoms with E-state index in [4.69, 9.17) is 4.74 Å². The van der Waals surface area contributed by atoms with Crippen molar-refractivity contribution in [2.75, 3.05) is 13.7 Å². The number of aromatic nitrogens is 1. The second kappa shape index (κ2) is 6.54. The van der Waals surface area contributed by atoms with Crippen LogP contribution in [0, 0.1) is 5.92 Å². The Morgan fingerprint density at radius 2 is 1.85 bits per heavy atom. The number of hydrogen-bond acceptors (Lipinski definition) is 3. The quantitative estimate of drug-likeness (QED) is 0.660. The number of rotatable bonds is 2. The molecule has 0 spiro atoms. The maximum atomic E-state index is 12.6. The van der Waals surface area contributed by atoms with Crippen molar-refractivity contribution >= 4 is 17.0 Å². The van der Waals surface area contributed by atoms with E-state index in [0.717, 1.165) is 37.1 Å².